The molecule has 1 atom stereocenters. The normalized spacial score (nSPS) is 23.5. The number of likely N-dealkylation sites (tertiary alicyclic amines) is 1. The van der Waals surface area contributed by atoms with Crippen LogP contribution in [0, 0.1) is 5.92 Å². The first kappa shape index (κ1) is 17.4. The van der Waals surface area contributed by atoms with Gasteiger partial charge in [-0.3, -0.25) is 14.7 Å². The third-order valence-corrected chi connectivity index (χ3v) is 5.55. The van der Waals surface area contributed by atoms with Crippen molar-refractivity contribution in [3.8, 4) is 0 Å². The number of aryl methyl sites for hydroxylation is 1. The Labute approximate surface area is 145 Å². The van der Waals surface area contributed by atoms with E-state index in [4.69, 9.17) is 5.73 Å². The number of amides is 1. The Bertz CT molecular complexity index is 551. The molecule has 2 fully saturated rings. The van der Waals surface area contributed by atoms with E-state index in [1.165, 1.54) is 5.56 Å². The van der Waals surface area contributed by atoms with Crippen molar-refractivity contribution in [3.63, 3.8) is 0 Å². The van der Waals surface area contributed by atoms with Gasteiger partial charge in [0.25, 0.3) is 0 Å². The highest BCUT2D eigenvalue weighted by Crippen LogP contribution is 2.27. The predicted octanol–water partition coefficient (Wildman–Crippen LogP) is 1.85. The van der Waals surface area contributed by atoms with E-state index in [1.54, 1.807) is 0 Å². The van der Waals surface area contributed by atoms with Crippen LogP contribution in [0.25, 0.3) is 0 Å². The summed E-state index contributed by atoms with van der Waals surface area (Å²) in [4.78, 5) is 19.3. The zero-order valence-corrected chi connectivity index (χ0v) is 14.8. The van der Waals surface area contributed by atoms with Crippen LogP contribution in [0.5, 0.6) is 0 Å². The summed E-state index contributed by atoms with van der Waals surface area (Å²) in [5.41, 5.74) is 8.01. The zero-order chi connectivity index (χ0) is 17.0. The van der Waals surface area contributed by atoms with Crippen molar-refractivity contribution in [1.82, 2.24) is 15.2 Å². The summed E-state index contributed by atoms with van der Waals surface area (Å²) in [6.07, 6.45) is 7.94. The Hall–Kier alpha value is -1.46. The molecule has 1 aromatic rings. The predicted molar refractivity (Wildman–Crippen MR) is 95.4 cm³/mol. The summed E-state index contributed by atoms with van der Waals surface area (Å²) >= 11 is 0. The smallest absolute Gasteiger partial charge is 0.240 e. The van der Waals surface area contributed by atoms with Gasteiger partial charge in [-0.1, -0.05) is 25.8 Å². The summed E-state index contributed by atoms with van der Waals surface area (Å²) in [5, 5.41) is 3.10. The van der Waals surface area contributed by atoms with Crippen LogP contribution in [-0.4, -0.2) is 41.0 Å². The highest BCUT2D eigenvalue weighted by molar-refractivity contribution is 5.86. The molecule has 3 rings (SSSR count). The summed E-state index contributed by atoms with van der Waals surface area (Å²) in [6, 6.07) is 4.30. The van der Waals surface area contributed by atoms with Gasteiger partial charge in [0, 0.05) is 25.8 Å². The molecule has 1 saturated carbocycles. The molecule has 1 aliphatic heterocycles. The lowest BCUT2D eigenvalue weighted by atomic mass is 9.97. The number of nitrogens with one attached hydrogen (secondary N) is 1. The molecule has 0 unspecified atom stereocenters. The molecule has 0 spiro atoms. The topological polar surface area (TPSA) is 71.2 Å². The number of carbonyl (C=O) groups excluding carboxylic acids is 1. The quantitative estimate of drug-likeness (QED) is 0.835. The molecule has 5 heteroatoms. The molecule has 0 radical (unpaired) electrons. The van der Waals surface area contributed by atoms with Gasteiger partial charge in [0.2, 0.25) is 5.91 Å². The van der Waals surface area contributed by atoms with E-state index in [1.807, 2.05) is 6.20 Å². The van der Waals surface area contributed by atoms with Crippen LogP contribution in [0.1, 0.15) is 50.3 Å². The number of aromatic nitrogens is 1. The Balaban J connectivity index is 1.42. The van der Waals surface area contributed by atoms with E-state index < -0.39 is 5.54 Å². The number of hydrogen-bond acceptors (Lipinski definition) is 4. The lowest BCUT2D eigenvalue weighted by molar-refractivity contribution is -0.126. The molecule has 1 aliphatic carbocycles. The summed E-state index contributed by atoms with van der Waals surface area (Å²) in [5.74, 6) is 0.573. The van der Waals surface area contributed by atoms with Gasteiger partial charge in [-0.2, -0.15) is 0 Å². The number of rotatable bonds is 6. The molecule has 3 N–H and O–H groups in total. The molecule has 1 saturated heterocycles. The van der Waals surface area contributed by atoms with E-state index >= 15 is 0 Å². The second-order valence-electron chi connectivity index (χ2n) is 7.47. The Morgan fingerprint density at radius 1 is 1.42 bits per heavy atom. The first-order valence-electron chi connectivity index (χ1n) is 9.32. The fourth-order valence-electron chi connectivity index (χ4n) is 3.86. The Morgan fingerprint density at radius 3 is 2.88 bits per heavy atom. The lowest BCUT2D eigenvalue weighted by Gasteiger charge is -2.23. The number of hydrogen-bond donors (Lipinski definition) is 2. The molecule has 132 valence electrons. The number of nitrogens with zero attached hydrogens (tertiary/aromatic N) is 2. The van der Waals surface area contributed by atoms with Crippen molar-refractivity contribution in [1.29, 1.82) is 0 Å². The van der Waals surface area contributed by atoms with E-state index in [2.05, 4.69) is 34.3 Å². The second-order valence-corrected chi connectivity index (χ2v) is 7.47. The first-order chi connectivity index (χ1) is 11.6. The average Bonchev–Trinajstić information content (AvgIpc) is 3.23. The number of pyridine rings is 1. The van der Waals surface area contributed by atoms with Gasteiger partial charge in [0.15, 0.2) is 0 Å². The van der Waals surface area contributed by atoms with E-state index in [0.717, 1.165) is 70.4 Å². The minimum atomic E-state index is -0.608. The summed E-state index contributed by atoms with van der Waals surface area (Å²) in [7, 11) is 0. The molecular formula is C19H30N4O. The molecule has 1 aromatic heterocycles. The number of nitrogens with two attached hydrogens (primary N) is 1. The van der Waals surface area contributed by atoms with Gasteiger partial charge in [-0.15, -0.1) is 0 Å². The van der Waals surface area contributed by atoms with Gasteiger partial charge in [-0.25, -0.2) is 0 Å². The third-order valence-electron chi connectivity index (χ3n) is 5.55. The van der Waals surface area contributed by atoms with Crippen LogP contribution >= 0.6 is 0 Å². The fourth-order valence-corrected chi connectivity index (χ4v) is 3.86. The highest BCUT2D eigenvalue weighted by Gasteiger charge is 2.37. The van der Waals surface area contributed by atoms with E-state index in [-0.39, 0.29) is 5.91 Å². The van der Waals surface area contributed by atoms with Gasteiger partial charge >= 0.3 is 0 Å². The SMILES string of the molecule is CCc1ccc(CN2CC[C@H](CNC(=O)C3(N)CCCC3)C2)nc1. The third kappa shape index (κ3) is 4.14. The largest absolute Gasteiger partial charge is 0.354 e. The maximum Gasteiger partial charge on any atom is 0.240 e. The van der Waals surface area contributed by atoms with E-state index in [9.17, 15) is 4.79 Å². The summed E-state index contributed by atoms with van der Waals surface area (Å²) < 4.78 is 0. The molecule has 2 aliphatic rings. The Kier molecular flexibility index (Phi) is 5.51. The highest BCUT2D eigenvalue weighted by atomic mass is 16.2. The standard InChI is InChI=1S/C19H30N4O/c1-2-15-5-6-17(21-11-15)14-23-10-7-16(13-23)12-22-18(24)19(20)8-3-4-9-19/h5-6,11,16H,2-4,7-10,12-14,20H2,1H3,(H,22,24)/t16-/m1/s1. The lowest BCUT2D eigenvalue weighted by Crippen LogP contribution is -2.52. The second kappa shape index (κ2) is 7.62. The Morgan fingerprint density at radius 2 is 2.21 bits per heavy atom. The summed E-state index contributed by atoms with van der Waals surface area (Å²) in [6.45, 7) is 5.89. The maximum absolute atomic E-state index is 12.3. The van der Waals surface area contributed by atoms with Crippen molar-refractivity contribution in [2.45, 2.75) is 57.5 Å². The molecule has 0 bridgehead atoms. The number of carbonyl (C=O) groups is 1. The van der Waals surface area contributed by atoms with Crippen molar-refractivity contribution >= 4 is 5.91 Å². The zero-order valence-electron chi connectivity index (χ0n) is 14.8. The van der Waals surface area contributed by atoms with Crippen molar-refractivity contribution in [2.24, 2.45) is 11.7 Å². The van der Waals surface area contributed by atoms with Crippen LogP contribution in [0.3, 0.4) is 0 Å². The molecule has 5 nitrogen and oxygen atoms in total. The van der Waals surface area contributed by atoms with Crippen molar-refractivity contribution in [3.05, 3.63) is 29.6 Å². The minimum Gasteiger partial charge on any atom is -0.354 e. The van der Waals surface area contributed by atoms with E-state index in [0.29, 0.717) is 5.92 Å². The van der Waals surface area contributed by atoms with Gasteiger partial charge in [0.1, 0.15) is 0 Å². The molecular weight excluding hydrogens is 300 g/mol. The fraction of sp³-hybridized carbons (Fsp3) is 0.684. The van der Waals surface area contributed by atoms with Crippen LogP contribution in [0.4, 0.5) is 0 Å². The van der Waals surface area contributed by atoms with Crippen LogP contribution < -0.4 is 11.1 Å². The molecule has 2 heterocycles. The van der Waals surface area contributed by atoms with Gasteiger partial charge < -0.3 is 11.1 Å². The van der Waals surface area contributed by atoms with Crippen LogP contribution in [-0.2, 0) is 17.8 Å². The van der Waals surface area contributed by atoms with Crippen molar-refractivity contribution in [2.75, 3.05) is 19.6 Å². The maximum atomic E-state index is 12.3. The van der Waals surface area contributed by atoms with Crippen LogP contribution in [0.2, 0.25) is 0 Å². The van der Waals surface area contributed by atoms with Gasteiger partial charge in [0.05, 0.1) is 11.2 Å². The first-order valence-corrected chi connectivity index (χ1v) is 9.32. The van der Waals surface area contributed by atoms with Crippen LogP contribution in [0.15, 0.2) is 18.3 Å². The molecule has 24 heavy (non-hydrogen) atoms. The van der Waals surface area contributed by atoms with Crippen molar-refractivity contribution < 1.29 is 4.79 Å². The molecule has 0 aromatic carbocycles. The minimum absolute atomic E-state index is 0.0512. The van der Waals surface area contributed by atoms with Gasteiger partial charge in [-0.05, 0) is 49.8 Å². The monoisotopic (exact) mass is 330 g/mol. The average molecular weight is 330 g/mol. The molecule has 1 amide bonds.